The number of ether oxygens (including phenoxy) is 2. The van der Waals surface area contributed by atoms with Gasteiger partial charge in [0, 0.05) is 19.2 Å². The summed E-state index contributed by atoms with van der Waals surface area (Å²) >= 11 is 0. The number of aromatic nitrogens is 1. The zero-order valence-electron chi connectivity index (χ0n) is 11.6. The van der Waals surface area contributed by atoms with Crippen molar-refractivity contribution in [2.75, 3.05) is 13.2 Å². The molecule has 0 fully saturated rings. The van der Waals surface area contributed by atoms with Crippen LogP contribution in [0, 0.1) is 0 Å². The van der Waals surface area contributed by atoms with Gasteiger partial charge in [-0.05, 0) is 38.8 Å². The van der Waals surface area contributed by atoms with Crippen LogP contribution in [0.25, 0.3) is 0 Å². The Bertz CT molecular complexity index is 411. The summed E-state index contributed by atoms with van der Waals surface area (Å²) < 4.78 is 11.7. The molecule has 0 spiro atoms. The Morgan fingerprint density at radius 3 is 2.58 bits per heavy atom. The molecule has 0 aliphatic rings. The van der Waals surface area contributed by atoms with E-state index in [-0.39, 0.29) is 11.9 Å². The lowest BCUT2D eigenvalue weighted by atomic mass is 10.2. The van der Waals surface area contributed by atoms with E-state index in [1.54, 1.807) is 19.9 Å². The maximum absolute atomic E-state index is 11.6. The fraction of sp³-hybridized carbons (Fsp3) is 0.571. The van der Waals surface area contributed by atoms with Crippen molar-refractivity contribution in [3.63, 3.8) is 0 Å². The Morgan fingerprint density at radius 1 is 1.16 bits per heavy atom. The Labute approximate surface area is 113 Å². The number of unbranched alkanes of at least 4 members (excludes halogenated alkanes) is 1. The number of carbonyl (C=O) groups is 2. The monoisotopic (exact) mass is 267 g/mol. The Morgan fingerprint density at radius 2 is 1.89 bits per heavy atom. The van der Waals surface area contributed by atoms with Crippen LogP contribution in [0.2, 0.25) is 0 Å². The van der Waals surface area contributed by atoms with Crippen molar-refractivity contribution in [2.24, 2.45) is 0 Å². The summed E-state index contributed by atoms with van der Waals surface area (Å²) in [6.45, 7) is 5.06. The highest BCUT2D eigenvalue weighted by Gasteiger charge is 2.11. The van der Waals surface area contributed by atoms with Crippen LogP contribution in [0.5, 0.6) is 0 Å². The van der Waals surface area contributed by atoms with Gasteiger partial charge in [-0.1, -0.05) is 0 Å². The van der Waals surface area contributed by atoms with Gasteiger partial charge in [-0.15, -0.1) is 0 Å². The molecule has 0 radical (unpaired) electrons. The van der Waals surface area contributed by atoms with E-state index in [4.69, 9.17) is 9.47 Å². The zero-order valence-corrected chi connectivity index (χ0v) is 11.6. The first-order valence-corrected chi connectivity index (χ1v) is 6.66. The summed E-state index contributed by atoms with van der Waals surface area (Å²) in [5, 5.41) is 0. The first-order chi connectivity index (χ1) is 9.19. The van der Waals surface area contributed by atoms with Gasteiger partial charge in [0.05, 0.1) is 13.2 Å². The number of carbonyl (C=O) groups excluding carboxylic acids is 2. The van der Waals surface area contributed by atoms with Gasteiger partial charge in [-0.3, -0.25) is 4.79 Å². The second-order valence-corrected chi connectivity index (χ2v) is 4.07. The van der Waals surface area contributed by atoms with Gasteiger partial charge in [0.2, 0.25) is 0 Å². The van der Waals surface area contributed by atoms with Crippen LogP contribution >= 0.6 is 0 Å². The van der Waals surface area contributed by atoms with E-state index >= 15 is 0 Å². The van der Waals surface area contributed by atoms with E-state index in [0.717, 1.165) is 12.8 Å². The minimum atomic E-state index is -0.308. The number of rotatable bonds is 8. The minimum Gasteiger partial charge on any atom is -0.466 e. The highest BCUT2D eigenvalue weighted by molar-refractivity contribution is 5.87. The second-order valence-electron chi connectivity index (χ2n) is 4.07. The van der Waals surface area contributed by atoms with Gasteiger partial charge in [-0.2, -0.15) is 0 Å². The van der Waals surface area contributed by atoms with Gasteiger partial charge in [-0.25, -0.2) is 4.79 Å². The van der Waals surface area contributed by atoms with Crippen molar-refractivity contribution in [1.82, 2.24) is 4.57 Å². The zero-order chi connectivity index (χ0) is 14.1. The second kappa shape index (κ2) is 8.34. The number of esters is 2. The number of aryl methyl sites for hydroxylation is 1. The minimum absolute atomic E-state index is 0.166. The van der Waals surface area contributed by atoms with Gasteiger partial charge in [0.1, 0.15) is 5.69 Å². The molecule has 0 aliphatic carbocycles. The molecule has 0 saturated carbocycles. The van der Waals surface area contributed by atoms with E-state index in [2.05, 4.69) is 0 Å². The summed E-state index contributed by atoms with van der Waals surface area (Å²) in [6.07, 6.45) is 3.83. The highest BCUT2D eigenvalue weighted by atomic mass is 16.5. The maximum Gasteiger partial charge on any atom is 0.354 e. The van der Waals surface area contributed by atoms with E-state index in [9.17, 15) is 9.59 Å². The molecule has 0 bridgehead atoms. The first kappa shape index (κ1) is 15.3. The van der Waals surface area contributed by atoms with Gasteiger partial charge in [0.25, 0.3) is 0 Å². The SMILES string of the molecule is CCOC(=O)CCCCn1cccc1C(=O)OCC. The van der Waals surface area contributed by atoms with Crippen LogP contribution in [0.4, 0.5) is 0 Å². The molecule has 0 amide bonds. The molecule has 5 heteroatoms. The molecule has 19 heavy (non-hydrogen) atoms. The van der Waals surface area contributed by atoms with Crippen molar-refractivity contribution in [3.8, 4) is 0 Å². The van der Waals surface area contributed by atoms with Crippen LogP contribution in [0.15, 0.2) is 18.3 Å². The molecule has 106 valence electrons. The van der Waals surface area contributed by atoms with Crippen molar-refractivity contribution in [2.45, 2.75) is 39.7 Å². The predicted octanol–water partition coefficient (Wildman–Crippen LogP) is 2.40. The van der Waals surface area contributed by atoms with Crippen molar-refractivity contribution in [3.05, 3.63) is 24.0 Å². The molecule has 1 rings (SSSR count). The maximum atomic E-state index is 11.6. The quantitative estimate of drug-likeness (QED) is 0.536. The molecule has 0 saturated heterocycles. The molecule has 1 aromatic heterocycles. The third-order valence-electron chi connectivity index (χ3n) is 2.65. The number of hydrogen-bond donors (Lipinski definition) is 0. The summed E-state index contributed by atoms with van der Waals surface area (Å²) in [4.78, 5) is 22.8. The molecule has 0 aromatic carbocycles. The lowest BCUT2D eigenvalue weighted by molar-refractivity contribution is -0.143. The van der Waals surface area contributed by atoms with Crippen LogP contribution in [0.1, 0.15) is 43.6 Å². The van der Waals surface area contributed by atoms with Gasteiger partial charge < -0.3 is 14.0 Å². The van der Waals surface area contributed by atoms with Crippen molar-refractivity contribution >= 4 is 11.9 Å². The smallest absolute Gasteiger partial charge is 0.354 e. The average Bonchev–Trinajstić information content (AvgIpc) is 2.83. The van der Waals surface area contributed by atoms with Gasteiger partial charge >= 0.3 is 11.9 Å². The summed E-state index contributed by atoms with van der Waals surface area (Å²) in [7, 11) is 0. The Balaban J connectivity index is 2.35. The summed E-state index contributed by atoms with van der Waals surface area (Å²) in [5.74, 6) is -0.474. The fourth-order valence-corrected chi connectivity index (χ4v) is 1.78. The Kier molecular flexibility index (Phi) is 6.71. The molecular weight excluding hydrogens is 246 g/mol. The number of hydrogen-bond acceptors (Lipinski definition) is 4. The van der Waals surface area contributed by atoms with Crippen molar-refractivity contribution < 1.29 is 19.1 Å². The lowest BCUT2D eigenvalue weighted by Gasteiger charge is -2.08. The van der Waals surface area contributed by atoms with E-state index in [1.165, 1.54) is 0 Å². The number of nitrogens with zero attached hydrogens (tertiary/aromatic N) is 1. The van der Waals surface area contributed by atoms with Crippen LogP contribution in [0.3, 0.4) is 0 Å². The third-order valence-corrected chi connectivity index (χ3v) is 2.65. The standard InChI is InChI=1S/C14H21NO4/c1-3-18-13(16)9-5-6-10-15-11-7-8-12(15)14(17)19-4-2/h7-8,11H,3-6,9-10H2,1-2H3. The van der Waals surface area contributed by atoms with Crippen LogP contribution in [-0.4, -0.2) is 29.7 Å². The van der Waals surface area contributed by atoms with E-state index < -0.39 is 0 Å². The largest absolute Gasteiger partial charge is 0.466 e. The summed E-state index contributed by atoms with van der Waals surface area (Å²) in [6, 6.07) is 3.56. The molecule has 1 aromatic rings. The highest BCUT2D eigenvalue weighted by Crippen LogP contribution is 2.08. The fourth-order valence-electron chi connectivity index (χ4n) is 1.78. The molecule has 0 atom stereocenters. The first-order valence-electron chi connectivity index (χ1n) is 6.66. The predicted molar refractivity (Wildman–Crippen MR) is 70.9 cm³/mol. The topological polar surface area (TPSA) is 57.5 Å². The van der Waals surface area contributed by atoms with Crippen LogP contribution < -0.4 is 0 Å². The molecule has 0 aliphatic heterocycles. The molecule has 5 nitrogen and oxygen atoms in total. The Hall–Kier alpha value is -1.78. The molecule has 1 heterocycles. The lowest BCUT2D eigenvalue weighted by Crippen LogP contribution is -2.12. The van der Waals surface area contributed by atoms with E-state index in [1.807, 2.05) is 16.8 Å². The third kappa shape index (κ3) is 5.16. The van der Waals surface area contributed by atoms with Crippen molar-refractivity contribution in [1.29, 1.82) is 0 Å². The molecule has 0 unspecified atom stereocenters. The molecule has 0 N–H and O–H groups in total. The normalized spacial score (nSPS) is 10.2. The summed E-state index contributed by atoms with van der Waals surface area (Å²) in [5.41, 5.74) is 0.554. The average molecular weight is 267 g/mol. The molecular formula is C14H21NO4. The van der Waals surface area contributed by atoms with Gasteiger partial charge in [0.15, 0.2) is 0 Å². The van der Waals surface area contributed by atoms with Crippen LogP contribution in [-0.2, 0) is 20.8 Å². The van der Waals surface area contributed by atoms with E-state index in [0.29, 0.717) is 31.9 Å².